The second-order valence-electron chi connectivity index (χ2n) is 4.52. The van der Waals surface area contributed by atoms with Gasteiger partial charge in [0.05, 0.1) is 16.4 Å². The van der Waals surface area contributed by atoms with E-state index in [0.29, 0.717) is 46.7 Å². The first-order chi connectivity index (χ1) is 10.1. The monoisotopic (exact) mass is 304 g/mol. The normalized spacial score (nSPS) is 12.8. The van der Waals surface area contributed by atoms with E-state index in [1.54, 1.807) is 36.4 Å². The van der Waals surface area contributed by atoms with Crippen molar-refractivity contribution in [3.8, 4) is 11.5 Å². The fourth-order valence-corrected chi connectivity index (χ4v) is 2.27. The van der Waals surface area contributed by atoms with Gasteiger partial charge in [-0.3, -0.25) is 4.79 Å². The van der Waals surface area contributed by atoms with E-state index in [1.165, 1.54) is 0 Å². The lowest BCUT2D eigenvalue weighted by molar-refractivity contribution is 0.102. The first-order valence-corrected chi connectivity index (χ1v) is 6.78. The highest BCUT2D eigenvalue weighted by atomic mass is 35.5. The molecule has 1 aliphatic heterocycles. The Labute approximate surface area is 126 Å². The van der Waals surface area contributed by atoms with Gasteiger partial charge in [-0.15, -0.1) is 0 Å². The number of anilines is 2. The van der Waals surface area contributed by atoms with Gasteiger partial charge in [0.15, 0.2) is 11.5 Å². The fraction of sp³-hybridized carbons (Fsp3) is 0.133. The zero-order valence-corrected chi connectivity index (χ0v) is 11.8. The molecule has 0 unspecified atom stereocenters. The van der Waals surface area contributed by atoms with Crippen LogP contribution in [0.1, 0.15) is 10.4 Å². The van der Waals surface area contributed by atoms with E-state index in [-0.39, 0.29) is 5.91 Å². The van der Waals surface area contributed by atoms with Crippen molar-refractivity contribution in [3.63, 3.8) is 0 Å². The molecule has 0 atom stereocenters. The molecule has 1 heterocycles. The fourth-order valence-electron chi connectivity index (χ4n) is 2.04. The highest BCUT2D eigenvalue weighted by Gasteiger charge is 2.16. The van der Waals surface area contributed by atoms with Gasteiger partial charge in [-0.2, -0.15) is 0 Å². The molecule has 3 rings (SSSR count). The van der Waals surface area contributed by atoms with Crippen molar-refractivity contribution in [1.82, 2.24) is 0 Å². The number of nitrogens with two attached hydrogens (primary N) is 1. The number of carbonyl (C=O) groups excluding carboxylic acids is 1. The topological polar surface area (TPSA) is 73.6 Å². The molecule has 2 aromatic carbocycles. The summed E-state index contributed by atoms with van der Waals surface area (Å²) in [6.45, 7) is 0.976. The number of nitrogen functional groups attached to an aromatic ring is 1. The minimum absolute atomic E-state index is 0.313. The Morgan fingerprint density at radius 3 is 2.67 bits per heavy atom. The molecule has 0 radical (unpaired) electrons. The minimum Gasteiger partial charge on any atom is -0.486 e. The maximum Gasteiger partial charge on any atom is 0.255 e. The van der Waals surface area contributed by atoms with E-state index in [9.17, 15) is 4.79 Å². The number of amides is 1. The molecule has 0 bridgehead atoms. The van der Waals surface area contributed by atoms with Crippen molar-refractivity contribution >= 4 is 28.9 Å². The minimum atomic E-state index is -0.313. The van der Waals surface area contributed by atoms with Gasteiger partial charge in [0.1, 0.15) is 13.2 Å². The lowest BCUT2D eigenvalue weighted by Crippen LogP contribution is -2.17. The van der Waals surface area contributed by atoms with Gasteiger partial charge in [0.2, 0.25) is 0 Å². The maximum absolute atomic E-state index is 12.3. The SMILES string of the molecule is Nc1cccc(Cl)c1NC(=O)c1ccc2c(c1)OCCO2. The van der Waals surface area contributed by atoms with Crippen LogP contribution in [0.25, 0.3) is 0 Å². The van der Waals surface area contributed by atoms with E-state index in [4.69, 9.17) is 26.8 Å². The molecule has 21 heavy (non-hydrogen) atoms. The number of rotatable bonds is 2. The molecular weight excluding hydrogens is 292 g/mol. The predicted octanol–water partition coefficient (Wildman–Crippen LogP) is 2.95. The van der Waals surface area contributed by atoms with E-state index in [2.05, 4.69) is 5.32 Å². The van der Waals surface area contributed by atoms with Crippen molar-refractivity contribution in [3.05, 3.63) is 47.0 Å². The Kier molecular flexibility index (Phi) is 3.58. The average Bonchev–Trinajstić information content (AvgIpc) is 2.50. The number of benzene rings is 2. The number of fused-ring (bicyclic) bond motifs is 1. The van der Waals surface area contributed by atoms with Gasteiger partial charge in [-0.05, 0) is 30.3 Å². The Morgan fingerprint density at radius 1 is 1.14 bits per heavy atom. The number of nitrogens with one attached hydrogen (secondary N) is 1. The first-order valence-electron chi connectivity index (χ1n) is 6.40. The zero-order valence-electron chi connectivity index (χ0n) is 11.1. The summed E-state index contributed by atoms with van der Waals surface area (Å²) in [6, 6.07) is 10.1. The summed E-state index contributed by atoms with van der Waals surface area (Å²) in [5, 5.41) is 3.10. The summed E-state index contributed by atoms with van der Waals surface area (Å²) < 4.78 is 10.9. The van der Waals surface area contributed by atoms with Crippen molar-refractivity contribution in [2.75, 3.05) is 24.3 Å². The molecule has 0 saturated carbocycles. The number of halogens is 1. The number of ether oxygens (including phenoxy) is 2. The van der Waals surface area contributed by atoms with E-state index < -0.39 is 0 Å². The van der Waals surface area contributed by atoms with E-state index >= 15 is 0 Å². The average molecular weight is 305 g/mol. The Morgan fingerprint density at radius 2 is 1.90 bits per heavy atom. The first kappa shape index (κ1) is 13.6. The molecule has 0 fully saturated rings. The van der Waals surface area contributed by atoms with Crippen LogP contribution in [0.2, 0.25) is 5.02 Å². The van der Waals surface area contributed by atoms with Crippen LogP contribution < -0.4 is 20.5 Å². The van der Waals surface area contributed by atoms with Gasteiger partial charge in [0.25, 0.3) is 5.91 Å². The van der Waals surface area contributed by atoms with Crippen molar-refractivity contribution in [2.24, 2.45) is 0 Å². The predicted molar refractivity (Wildman–Crippen MR) is 81.2 cm³/mol. The second-order valence-corrected chi connectivity index (χ2v) is 4.92. The van der Waals surface area contributed by atoms with Crippen LogP contribution in [-0.4, -0.2) is 19.1 Å². The molecule has 3 N–H and O–H groups in total. The molecule has 1 aliphatic rings. The van der Waals surface area contributed by atoms with Crippen LogP contribution in [0.5, 0.6) is 11.5 Å². The number of carbonyl (C=O) groups is 1. The molecule has 2 aromatic rings. The van der Waals surface area contributed by atoms with Crippen LogP contribution in [0.4, 0.5) is 11.4 Å². The Bertz CT molecular complexity index is 683. The van der Waals surface area contributed by atoms with Gasteiger partial charge < -0.3 is 20.5 Å². The van der Waals surface area contributed by atoms with Crippen LogP contribution in [0, 0.1) is 0 Å². The third-order valence-electron chi connectivity index (χ3n) is 3.09. The van der Waals surface area contributed by atoms with Crippen LogP contribution in [0.3, 0.4) is 0 Å². The zero-order chi connectivity index (χ0) is 14.8. The van der Waals surface area contributed by atoms with Crippen LogP contribution in [0.15, 0.2) is 36.4 Å². The van der Waals surface area contributed by atoms with Gasteiger partial charge in [-0.1, -0.05) is 17.7 Å². The van der Waals surface area contributed by atoms with E-state index in [1.807, 2.05) is 0 Å². The van der Waals surface area contributed by atoms with Gasteiger partial charge in [-0.25, -0.2) is 0 Å². The van der Waals surface area contributed by atoms with Crippen LogP contribution >= 0.6 is 11.6 Å². The van der Waals surface area contributed by atoms with E-state index in [0.717, 1.165) is 0 Å². The highest BCUT2D eigenvalue weighted by molar-refractivity contribution is 6.34. The lowest BCUT2D eigenvalue weighted by atomic mass is 10.1. The highest BCUT2D eigenvalue weighted by Crippen LogP contribution is 2.32. The molecular formula is C15H13ClN2O3. The molecule has 108 valence electrons. The number of hydrogen-bond donors (Lipinski definition) is 2. The van der Waals surface area contributed by atoms with Crippen molar-refractivity contribution in [1.29, 1.82) is 0 Å². The summed E-state index contributed by atoms with van der Waals surface area (Å²) in [6.07, 6.45) is 0. The Hall–Kier alpha value is -2.40. The smallest absolute Gasteiger partial charge is 0.255 e. The van der Waals surface area contributed by atoms with Gasteiger partial charge in [0, 0.05) is 5.56 Å². The second kappa shape index (κ2) is 5.54. The maximum atomic E-state index is 12.3. The summed E-state index contributed by atoms with van der Waals surface area (Å²) in [5.41, 5.74) is 7.07. The molecule has 5 nitrogen and oxygen atoms in total. The molecule has 0 aromatic heterocycles. The summed E-state index contributed by atoms with van der Waals surface area (Å²) >= 11 is 6.04. The quantitative estimate of drug-likeness (QED) is 0.837. The van der Waals surface area contributed by atoms with Crippen molar-refractivity contribution < 1.29 is 14.3 Å². The summed E-state index contributed by atoms with van der Waals surface area (Å²) in [5.74, 6) is 0.878. The summed E-state index contributed by atoms with van der Waals surface area (Å²) in [4.78, 5) is 12.3. The molecule has 1 amide bonds. The third kappa shape index (κ3) is 2.73. The third-order valence-corrected chi connectivity index (χ3v) is 3.40. The number of para-hydroxylation sites is 1. The van der Waals surface area contributed by atoms with Crippen LogP contribution in [-0.2, 0) is 0 Å². The Balaban J connectivity index is 1.86. The van der Waals surface area contributed by atoms with Crippen molar-refractivity contribution in [2.45, 2.75) is 0 Å². The van der Waals surface area contributed by atoms with Gasteiger partial charge >= 0.3 is 0 Å². The largest absolute Gasteiger partial charge is 0.486 e. The molecule has 6 heteroatoms. The molecule has 0 saturated heterocycles. The summed E-state index contributed by atoms with van der Waals surface area (Å²) in [7, 11) is 0. The molecule has 0 aliphatic carbocycles. The number of hydrogen-bond acceptors (Lipinski definition) is 4. The standard InChI is InChI=1S/C15H13ClN2O3/c16-10-2-1-3-11(17)14(10)18-15(19)9-4-5-12-13(8-9)21-7-6-20-12/h1-5,8H,6-7,17H2,(H,18,19). The molecule has 0 spiro atoms. The lowest BCUT2D eigenvalue weighted by Gasteiger charge is -2.18.